The predicted molar refractivity (Wildman–Crippen MR) is 65.3 cm³/mol. The van der Waals surface area contributed by atoms with E-state index in [4.69, 9.17) is 5.11 Å². The molecule has 96 valence electrons. The Morgan fingerprint density at radius 3 is 2.88 bits per heavy atom. The SMILES string of the molecule is CC(C)C1(CNCc2cn(CCO)nn2)CC1. The summed E-state index contributed by atoms with van der Waals surface area (Å²) in [6.45, 7) is 7.05. The Balaban J connectivity index is 1.74. The lowest BCUT2D eigenvalue weighted by molar-refractivity contribution is 0.268. The standard InChI is InChI=1S/C12H22N4O/c1-10(2)12(3-4-12)9-13-7-11-8-16(5-6-17)15-14-11/h8,10,13,17H,3-7,9H2,1-2H3. The van der Waals surface area contributed by atoms with E-state index >= 15 is 0 Å². The smallest absolute Gasteiger partial charge is 0.0964 e. The van der Waals surface area contributed by atoms with Crippen LogP contribution in [0.4, 0.5) is 0 Å². The molecule has 2 N–H and O–H groups in total. The van der Waals surface area contributed by atoms with E-state index in [1.807, 2.05) is 6.20 Å². The van der Waals surface area contributed by atoms with Crippen LogP contribution >= 0.6 is 0 Å². The van der Waals surface area contributed by atoms with Crippen molar-refractivity contribution in [3.05, 3.63) is 11.9 Å². The highest BCUT2D eigenvalue weighted by atomic mass is 16.3. The minimum absolute atomic E-state index is 0.104. The van der Waals surface area contributed by atoms with Crippen LogP contribution in [-0.2, 0) is 13.1 Å². The predicted octanol–water partition coefficient (Wildman–Crippen LogP) is 0.796. The zero-order valence-corrected chi connectivity index (χ0v) is 10.7. The molecule has 5 heteroatoms. The van der Waals surface area contributed by atoms with Crippen LogP contribution in [0.15, 0.2) is 6.20 Å². The molecule has 0 aliphatic heterocycles. The highest BCUT2D eigenvalue weighted by Crippen LogP contribution is 2.51. The minimum atomic E-state index is 0.104. The lowest BCUT2D eigenvalue weighted by atomic mass is 9.92. The summed E-state index contributed by atoms with van der Waals surface area (Å²) >= 11 is 0. The first-order chi connectivity index (χ1) is 8.16. The van der Waals surface area contributed by atoms with Crippen molar-refractivity contribution in [2.45, 2.75) is 39.8 Å². The fourth-order valence-corrected chi connectivity index (χ4v) is 2.19. The molecule has 0 unspecified atom stereocenters. The van der Waals surface area contributed by atoms with Gasteiger partial charge < -0.3 is 10.4 Å². The molecular weight excluding hydrogens is 216 g/mol. The molecule has 0 amide bonds. The average Bonchev–Trinajstić information content (AvgIpc) is 2.95. The molecule has 0 aromatic carbocycles. The summed E-state index contributed by atoms with van der Waals surface area (Å²) in [5.74, 6) is 0.750. The Morgan fingerprint density at radius 1 is 1.53 bits per heavy atom. The number of aliphatic hydroxyl groups excluding tert-OH is 1. The zero-order valence-electron chi connectivity index (χ0n) is 10.7. The van der Waals surface area contributed by atoms with Crippen LogP contribution in [0.5, 0.6) is 0 Å². The van der Waals surface area contributed by atoms with Gasteiger partial charge in [0.25, 0.3) is 0 Å². The summed E-state index contributed by atoms with van der Waals surface area (Å²) in [6, 6.07) is 0. The summed E-state index contributed by atoms with van der Waals surface area (Å²) < 4.78 is 1.67. The van der Waals surface area contributed by atoms with Crippen molar-refractivity contribution in [3.63, 3.8) is 0 Å². The molecule has 0 radical (unpaired) electrons. The summed E-state index contributed by atoms with van der Waals surface area (Å²) in [7, 11) is 0. The van der Waals surface area contributed by atoms with Crippen LogP contribution in [0.25, 0.3) is 0 Å². The van der Waals surface area contributed by atoms with Gasteiger partial charge >= 0.3 is 0 Å². The van der Waals surface area contributed by atoms with E-state index in [0.29, 0.717) is 12.0 Å². The lowest BCUT2D eigenvalue weighted by Gasteiger charge is -2.19. The summed E-state index contributed by atoms with van der Waals surface area (Å²) in [5.41, 5.74) is 1.47. The third-order valence-electron chi connectivity index (χ3n) is 3.82. The van der Waals surface area contributed by atoms with Gasteiger partial charge in [-0.2, -0.15) is 0 Å². The van der Waals surface area contributed by atoms with Crippen LogP contribution < -0.4 is 5.32 Å². The third-order valence-corrected chi connectivity index (χ3v) is 3.82. The average molecular weight is 238 g/mol. The van der Waals surface area contributed by atoms with Crippen LogP contribution in [-0.4, -0.2) is 33.3 Å². The molecule has 0 saturated heterocycles. The normalized spacial score (nSPS) is 17.6. The molecule has 17 heavy (non-hydrogen) atoms. The maximum atomic E-state index is 8.78. The van der Waals surface area contributed by atoms with Crippen molar-refractivity contribution in [2.24, 2.45) is 11.3 Å². The second-order valence-electron chi connectivity index (χ2n) is 5.32. The Bertz CT molecular complexity index is 357. The molecule has 5 nitrogen and oxygen atoms in total. The van der Waals surface area contributed by atoms with Gasteiger partial charge in [0.2, 0.25) is 0 Å². The molecule has 0 atom stereocenters. The highest BCUT2D eigenvalue weighted by molar-refractivity contribution is 4.98. The van der Waals surface area contributed by atoms with Crippen molar-refractivity contribution in [1.82, 2.24) is 20.3 Å². The number of nitrogens with zero attached hydrogens (tertiary/aromatic N) is 3. The quantitative estimate of drug-likeness (QED) is 0.737. The topological polar surface area (TPSA) is 63.0 Å². The summed E-state index contributed by atoms with van der Waals surface area (Å²) in [6.07, 6.45) is 4.57. The van der Waals surface area contributed by atoms with Gasteiger partial charge in [-0.15, -0.1) is 5.10 Å². The van der Waals surface area contributed by atoms with Crippen molar-refractivity contribution in [2.75, 3.05) is 13.2 Å². The first-order valence-electron chi connectivity index (χ1n) is 6.37. The first kappa shape index (κ1) is 12.5. The van der Waals surface area contributed by atoms with Crippen molar-refractivity contribution in [1.29, 1.82) is 0 Å². The second kappa shape index (κ2) is 5.14. The van der Waals surface area contributed by atoms with E-state index in [0.717, 1.165) is 24.7 Å². The molecular formula is C12H22N4O. The van der Waals surface area contributed by atoms with Crippen molar-refractivity contribution < 1.29 is 5.11 Å². The van der Waals surface area contributed by atoms with Crippen LogP contribution in [0.3, 0.4) is 0 Å². The van der Waals surface area contributed by atoms with Crippen molar-refractivity contribution >= 4 is 0 Å². The summed E-state index contributed by atoms with van der Waals surface area (Å²) in [4.78, 5) is 0. The molecule has 2 rings (SSSR count). The minimum Gasteiger partial charge on any atom is -0.394 e. The van der Waals surface area contributed by atoms with E-state index in [9.17, 15) is 0 Å². The zero-order chi connectivity index (χ0) is 12.3. The van der Waals surface area contributed by atoms with Gasteiger partial charge in [-0.3, -0.25) is 0 Å². The molecule has 1 fully saturated rings. The maximum absolute atomic E-state index is 8.78. The molecule has 1 aliphatic carbocycles. The van der Waals surface area contributed by atoms with E-state index in [2.05, 4.69) is 29.5 Å². The van der Waals surface area contributed by atoms with E-state index in [1.54, 1.807) is 4.68 Å². The summed E-state index contributed by atoms with van der Waals surface area (Å²) in [5, 5.41) is 20.2. The number of aliphatic hydroxyl groups is 1. The van der Waals surface area contributed by atoms with Crippen molar-refractivity contribution in [3.8, 4) is 0 Å². The van der Waals surface area contributed by atoms with Crippen LogP contribution in [0.1, 0.15) is 32.4 Å². The van der Waals surface area contributed by atoms with Gasteiger partial charge in [-0.05, 0) is 24.2 Å². The fraction of sp³-hybridized carbons (Fsp3) is 0.833. The van der Waals surface area contributed by atoms with Crippen LogP contribution in [0.2, 0.25) is 0 Å². The largest absolute Gasteiger partial charge is 0.394 e. The van der Waals surface area contributed by atoms with Crippen LogP contribution in [0, 0.1) is 11.3 Å². The first-order valence-corrected chi connectivity index (χ1v) is 6.37. The second-order valence-corrected chi connectivity index (χ2v) is 5.32. The van der Waals surface area contributed by atoms with Gasteiger partial charge in [0.1, 0.15) is 0 Å². The Hall–Kier alpha value is -0.940. The molecule has 1 aromatic heterocycles. The number of aromatic nitrogens is 3. The molecule has 0 bridgehead atoms. The maximum Gasteiger partial charge on any atom is 0.0964 e. The van der Waals surface area contributed by atoms with E-state index < -0.39 is 0 Å². The van der Waals surface area contributed by atoms with Gasteiger partial charge in [-0.25, -0.2) is 4.68 Å². The molecule has 1 aliphatic rings. The Labute approximate surface area is 102 Å². The molecule has 1 saturated carbocycles. The highest BCUT2D eigenvalue weighted by Gasteiger charge is 2.44. The Kier molecular flexibility index (Phi) is 3.79. The van der Waals surface area contributed by atoms with Gasteiger partial charge in [-0.1, -0.05) is 19.1 Å². The van der Waals surface area contributed by atoms with Gasteiger partial charge in [0.05, 0.1) is 18.8 Å². The number of hydrogen-bond acceptors (Lipinski definition) is 4. The fourth-order valence-electron chi connectivity index (χ4n) is 2.19. The van der Waals surface area contributed by atoms with Gasteiger partial charge in [0.15, 0.2) is 0 Å². The number of rotatable bonds is 7. The molecule has 1 heterocycles. The lowest BCUT2D eigenvalue weighted by Crippen LogP contribution is -2.27. The van der Waals surface area contributed by atoms with E-state index in [-0.39, 0.29) is 6.61 Å². The van der Waals surface area contributed by atoms with Gasteiger partial charge in [0, 0.05) is 19.3 Å². The third kappa shape index (κ3) is 3.04. The number of nitrogens with one attached hydrogen (secondary N) is 1. The monoisotopic (exact) mass is 238 g/mol. The molecule has 0 spiro atoms. The van der Waals surface area contributed by atoms with E-state index in [1.165, 1.54) is 12.8 Å². The number of hydrogen-bond donors (Lipinski definition) is 2. The molecule has 1 aromatic rings. The Morgan fingerprint density at radius 2 is 2.29 bits per heavy atom.